The maximum atomic E-state index is 8.89. The van der Waals surface area contributed by atoms with Crippen molar-refractivity contribution in [3.05, 3.63) is 0 Å². The zero-order valence-electron chi connectivity index (χ0n) is 4.63. The molecule has 0 saturated carbocycles. The smallest absolute Gasteiger partial charge is 0.0383 e. The van der Waals surface area contributed by atoms with Crippen LogP contribution in [0.25, 0.3) is 0 Å². The zero-order valence-corrected chi connectivity index (χ0v) is 4.63. The van der Waals surface area contributed by atoms with E-state index in [0.717, 1.165) is 13.8 Å². The van der Waals surface area contributed by atoms with Gasteiger partial charge in [-0.3, -0.25) is 0 Å². The number of aliphatic carboxylic acids is 2. The molecule has 48 valence electrons. The van der Waals surface area contributed by atoms with Crippen LogP contribution in [-0.2, 0) is 9.59 Å². The lowest BCUT2D eigenvalue weighted by molar-refractivity contribution is -0.303. The summed E-state index contributed by atoms with van der Waals surface area (Å²) in [4.78, 5) is 17.8. The first-order chi connectivity index (χ1) is 3.46. The van der Waals surface area contributed by atoms with Crippen LogP contribution in [-0.4, -0.2) is 11.9 Å². The first-order valence-electron chi connectivity index (χ1n) is 1.82. The van der Waals surface area contributed by atoms with Gasteiger partial charge in [0.15, 0.2) is 0 Å². The molecule has 4 nitrogen and oxygen atoms in total. The van der Waals surface area contributed by atoms with E-state index in [1.807, 2.05) is 0 Å². The van der Waals surface area contributed by atoms with E-state index in [-0.39, 0.29) is 0 Å². The summed E-state index contributed by atoms with van der Waals surface area (Å²) >= 11 is 0. The predicted molar refractivity (Wildman–Crippen MR) is 21.4 cm³/mol. The Kier molecular flexibility index (Phi) is 7.45. The number of hydrogen-bond donors (Lipinski definition) is 0. The van der Waals surface area contributed by atoms with Crippen LogP contribution in [0.15, 0.2) is 0 Å². The molecular weight excluding hydrogens is 112 g/mol. The number of hydrogen-bond acceptors (Lipinski definition) is 4. The monoisotopic (exact) mass is 118 g/mol. The highest BCUT2D eigenvalue weighted by molar-refractivity contribution is 5.60. The molecule has 0 spiro atoms. The third-order valence-electron chi connectivity index (χ3n) is 0. The number of carbonyl (C=O) groups is 2. The number of carboxylic acid groups (broad SMARTS) is 2. The van der Waals surface area contributed by atoms with Gasteiger partial charge in [0, 0.05) is 11.9 Å². The molecule has 0 unspecified atom stereocenters. The third kappa shape index (κ3) is 68.3. The Morgan fingerprint density at radius 3 is 1.00 bits per heavy atom. The van der Waals surface area contributed by atoms with Crippen LogP contribution in [0.4, 0.5) is 0 Å². The van der Waals surface area contributed by atoms with Crippen LogP contribution in [0.3, 0.4) is 0 Å². The number of carboxylic acids is 2. The fraction of sp³-hybridized carbons (Fsp3) is 0.500. The quantitative estimate of drug-likeness (QED) is 0.352. The topological polar surface area (TPSA) is 80.3 Å². The van der Waals surface area contributed by atoms with Crippen molar-refractivity contribution in [1.29, 1.82) is 0 Å². The summed E-state index contributed by atoms with van der Waals surface area (Å²) in [6.07, 6.45) is 0. The lowest BCUT2D eigenvalue weighted by atomic mass is 10.9. The Labute approximate surface area is 46.8 Å². The van der Waals surface area contributed by atoms with Gasteiger partial charge in [-0.1, -0.05) is 0 Å². The first kappa shape index (κ1) is 10.0. The fourth-order valence-electron chi connectivity index (χ4n) is 0. The molecule has 0 heterocycles. The summed E-state index contributed by atoms with van der Waals surface area (Å²) in [5.74, 6) is -2.17. The molecule has 0 N–H and O–H groups in total. The molecule has 0 rings (SSSR count). The molecule has 0 aliphatic heterocycles. The van der Waals surface area contributed by atoms with Crippen molar-refractivity contribution in [2.24, 2.45) is 0 Å². The molecule has 8 heavy (non-hydrogen) atoms. The van der Waals surface area contributed by atoms with Crippen molar-refractivity contribution < 1.29 is 19.8 Å². The van der Waals surface area contributed by atoms with Crippen molar-refractivity contribution in [2.45, 2.75) is 13.8 Å². The zero-order chi connectivity index (χ0) is 7.15. The van der Waals surface area contributed by atoms with Crippen molar-refractivity contribution >= 4 is 11.9 Å². The van der Waals surface area contributed by atoms with Gasteiger partial charge < -0.3 is 19.8 Å². The first-order valence-corrected chi connectivity index (χ1v) is 1.82. The maximum Gasteiger partial charge on any atom is 0.0383 e. The Hall–Kier alpha value is -1.06. The second kappa shape index (κ2) is 5.94. The van der Waals surface area contributed by atoms with Gasteiger partial charge in [-0.2, -0.15) is 0 Å². The van der Waals surface area contributed by atoms with Gasteiger partial charge in [-0.25, -0.2) is 0 Å². The van der Waals surface area contributed by atoms with Gasteiger partial charge in [0.25, 0.3) is 0 Å². The Morgan fingerprint density at radius 1 is 1.00 bits per heavy atom. The summed E-state index contributed by atoms with van der Waals surface area (Å²) in [7, 11) is 0. The van der Waals surface area contributed by atoms with Gasteiger partial charge in [-0.15, -0.1) is 0 Å². The highest BCUT2D eigenvalue weighted by atomic mass is 16.4. The van der Waals surface area contributed by atoms with Gasteiger partial charge in [-0.05, 0) is 13.8 Å². The standard InChI is InChI=1S/2C2H4O2/c2*1-2(3)4/h2*1H3,(H,3,4)/p-2. The van der Waals surface area contributed by atoms with Crippen LogP contribution in [0.5, 0.6) is 0 Å². The SMILES string of the molecule is CC(=O)[O-].CC(=O)[O-]. The largest absolute Gasteiger partial charge is 0.550 e. The van der Waals surface area contributed by atoms with Crippen LogP contribution >= 0.6 is 0 Å². The summed E-state index contributed by atoms with van der Waals surface area (Å²) in [5.41, 5.74) is 0. The van der Waals surface area contributed by atoms with Crippen LogP contribution in [0, 0.1) is 0 Å². The van der Waals surface area contributed by atoms with E-state index < -0.39 is 11.9 Å². The van der Waals surface area contributed by atoms with Crippen molar-refractivity contribution in [3.63, 3.8) is 0 Å². The lowest BCUT2D eigenvalue weighted by Crippen LogP contribution is -2.16. The summed E-state index contributed by atoms with van der Waals surface area (Å²) in [6.45, 7) is 1.94. The predicted octanol–water partition coefficient (Wildman–Crippen LogP) is -2.49. The van der Waals surface area contributed by atoms with E-state index in [0.29, 0.717) is 0 Å². The molecular formula is C4H6O4-2. The van der Waals surface area contributed by atoms with Gasteiger partial charge in [0.2, 0.25) is 0 Å². The minimum atomic E-state index is -1.08. The van der Waals surface area contributed by atoms with E-state index in [9.17, 15) is 0 Å². The molecule has 0 aliphatic rings. The van der Waals surface area contributed by atoms with E-state index in [1.165, 1.54) is 0 Å². The molecule has 0 bridgehead atoms. The number of rotatable bonds is 0. The molecule has 0 radical (unpaired) electrons. The average molecular weight is 118 g/mol. The molecule has 0 aromatic heterocycles. The molecule has 0 aliphatic carbocycles. The van der Waals surface area contributed by atoms with E-state index in [2.05, 4.69) is 0 Å². The fourth-order valence-corrected chi connectivity index (χ4v) is 0. The highest BCUT2D eigenvalue weighted by Gasteiger charge is 1.46. The van der Waals surface area contributed by atoms with Gasteiger partial charge >= 0.3 is 0 Å². The van der Waals surface area contributed by atoms with Crippen molar-refractivity contribution in [1.82, 2.24) is 0 Å². The Bertz CT molecular complexity index is 66.0. The molecule has 4 heteroatoms. The molecule has 0 aromatic rings. The number of carbonyl (C=O) groups excluding carboxylic acids is 2. The average Bonchev–Trinajstić information content (AvgIpc) is 1.25. The Balaban J connectivity index is 0. The van der Waals surface area contributed by atoms with Crippen LogP contribution in [0.1, 0.15) is 13.8 Å². The second-order valence-corrected chi connectivity index (χ2v) is 0.983. The minimum Gasteiger partial charge on any atom is -0.550 e. The molecule has 0 saturated heterocycles. The van der Waals surface area contributed by atoms with Crippen LogP contribution in [0.2, 0.25) is 0 Å². The molecule has 0 atom stereocenters. The minimum absolute atomic E-state index is 0.972. The third-order valence-corrected chi connectivity index (χ3v) is 0. The van der Waals surface area contributed by atoms with Gasteiger partial charge in [0.05, 0.1) is 0 Å². The normalized spacial score (nSPS) is 6.25. The van der Waals surface area contributed by atoms with E-state index in [4.69, 9.17) is 19.8 Å². The lowest BCUT2D eigenvalue weighted by Gasteiger charge is -1.77. The summed E-state index contributed by atoms with van der Waals surface area (Å²) in [5, 5.41) is 17.8. The highest BCUT2D eigenvalue weighted by Crippen LogP contribution is 1.31. The second-order valence-electron chi connectivity index (χ2n) is 0.983. The van der Waals surface area contributed by atoms with Crippen LogP contribution < -0.4 is 10.2 Å². The maximum absolute atomic E-state index is 8.89. The van der Waals surface area contributed by atoms with E-state index in [1.54, 1.807) is 0 Å². The molecule has 0 amide bonds. The van der Waals surface area contributed by atoms with E-state index >= 15 is 0 Å². The Morgan fingerprint density at radius 2 is 1.00 bits per heavy atom. The van der Waals surface area contributed by atoms with Crippen molar-refractivity contribution in [2.75, 3.05) is 0 Å². The molecule has 0 aromatic carbocycles. The summed E-state index contributed by atoms with van der Waals surface area (Å²) < 4.78 is 0. The van der Waals surface area contributed by atoms with Crippen molar-refractivity contribution in [3.8, 4) is 0 Å². The molecule has 0 fully saturated rings. The summed E-state index contributed by atoms with van der Waals surface area (Å²) in [6, 6.07) is 0. The van der Waals surface area contributed by atoms with Gasteiger partial charge in [0.1, 0.15) is 0 Å².